The van der Waals surface area contributed by atoms with Crippen molar-refractivity contribution in [2.24, 2.45) is 0 Å². The Balaban J connectivity index is 1.53. The third-order valence-corrected chi connectivity index (χ3v) is 4.58. The molecule has 0 bridgehead atoms. The zero-order chi connectivity index (χ0) is 19.9. The van der Waals surface area contributed by atoms with Crippen LogP contribution in [0.2, 0.25) is 0 Å². The van der Waals surface area contributed by atoms with Crippen molar-refractivity contribution in [3.8, 4) is 5.75 Å². The molecule has 0 spiro atoms. The molecule has 0 aliphatic carbocycles. The molecule has 0 saturated carbocycles. The van der Waals surface area contributed by atoms with Crippen LogP contribution in [0.3, 0.4) is 0 Å². The minimum absolute atomic E-state index is 0.0283. The quantitative estimate of drug-likeness (QED) is 0.454. The summed E-state index contributed by atoms with van der Waals surface area (Å²) in [4.78, 5) is 16.9. The Bertz CT molecular complexity index is 958. The Morgan fingerprint density at radius 3 is 2.64 bits per heavy atom. The van der Waals surface area contributed by atoms with Gasteiger partial charge >= 0.3 is 0 Å². The first-order valence-electron chi connectivity index (χ1n) is 9.55. The SMILES string of the molecule is C=C(C)Cn1c(CCCNC(=O)Cc2ccc(OC)cc2)nc2ccccc21. The molecule has 0 aliphatic heterocycles. The van der Waals surface area contributed by atoms with Crippen molar-refractivity contribution in [1.82, 2.24) is 14.9 Å². The highest BCUT2D eigenvalue weighted by Gasteiger charge is 2.10. The van der Waals surface area contributed by atoms with Gasteiger partial charge in [0.25, 0.3) is 0 Å². The van der Waals surface area contributed by atoms with E-state index in [1.165, 1.54) is 0 Å². The molecule has 0 aliphatic rings. The number of imidazole rings is 1. The third-order valence-electron chi connectivity index (χ3n) is 4.58. The molecule has 0 atom stereocenters. The summed E-state index contributed by atoms with van der Waals surface area (Å²) in [5.74, 6) is 1.86. The molecule has 5 nitrogen and oxygen atoms in total. The third kappa shape index (κ3) is 5.00. The van der Waals surface area contributed by atoms with E-state index in [0.29, 0.717) is 13.0 Å². The minimum atomic E-state index is 0.0283. The van der Waals surface area contributed by atoms with Crippen LogP contribution >= 0.6 is 0 Å². The van der Waals surface area contributed by atoms with Crippen LogP contribution < -0.4 is 10.1 Å². The Morgan fingerprint density at radius 2 is 1.93 bits per heavy atom. The lowest BCUT2D eigenvalue weighted by Crippen LogP contribution is -2.26. The number of allylic oxidation sites excluding steroid dienone is 1. The number of ether oxygens (including phenoxy) is 1. The largest absolute Gasteiger partial charge is 0.497 e. The summed E-state index contributed by atoms with van der Waals surface area (Å²) in [7, 11) is 1.63. The van der Waals surface area contributed by atoms with E-state index >= 15 is 0 Å². The van der Waals surface area contributed by atoms with Gasteiger partial charge in [-0.05, 0) is 43.2 Å². The molecule has 1 N–H and O–H groups in total. The molecule has 0 unspecified atom stereocenters. The van der Waals surface area contributed by atoms with Gasteiger partial charge in [0, 0.05) is 19.5 Å². The van der Waals surface area contributed by atoms with Crippen LogP contribution in [0.4, 0.5) is 0 Å². The molecule has 2 aromatic carbocycles. The topological polar surface area (TPSA) is 56.2 Å². The van der Waals surface area contributed by atoms with Gasteiger partial charge in [0.2, 0.25) is 5.91 Å². The van der Waals surface area contributed by atoms with Crippen LogP contribution in [0.15, 0.2) is 60.7 Å². The first-order chi connectivity index (χ1) is 13.6. The van der Waals surface area contributed by atoms with Gasteiger partial charge in [0.15, 0.2) is 0 Å². The molecule has 1 aromatic heterocycles. The molecule has 0 radical (unpaired) electrons. The number of hydrogen-bond donors (Lipinski definition) is 1. The Morgan fingerprint density at radius 1 is 1.18 bits per heavy atom. The van der Waals surface area contributed by atoms with E-state index in [2.05, 4.69) is 22.5 Å². The predicted octanol–water partition coefficient (Wildman–Crippen LogP) is 3.91. The van der Waals surface area contributed by atoms with Crippen LogP contribution in [0.1, 0.15) is 24.7 Å². The van der Waals surface area contributed by atoms with Gasteiger partial charge in [0.1, 0.15) is 11.6 Å². The molecule has 1 amide bonds. The monoisotopic (exact) mass is 377 g/mol. The molecular weight excluding hydrogens is 350 g/mol. The molecule has 0 saturated heterocycles. The van der Waals surface area contributed by atoms with Crippen molar-refractivity contribution < 1.29 is 9.53 Å². The number of para-hydroxylation sites is 2. The highest BCUT2D eigenvalue weighted by atomic mass is 16.5. The maximum Gasteiger partial charge on any atom is 0.224 e. The number of methoxy groups -OCH3 is 1. The fourth-order valence-corrected chi connectivity index (χ4v) is 3.23. The number of amides is 1. The minimum Gasteiger partial charge on any atom is -0.497 e. The molecule has 3 rings (SSSR count). The van der Waals surface area contributed by atoms with E-state index in [1.54, 1.807) is 7.11 Å². The van der Waals surface area contributed by atoms with Crippen molar-refractivity contribution >= 4 is 16.9 Å². The van der Waals surface area contributed by atoms with E-state index in [9.17, 15) is 4.79 Å². The van der Waals surface area contributed by atoms with Crippen LogP contribution in [0.25, 0.3) is 11.0 Å². The van der Waals surface area contributed by atoms with Crippen LogP contribution in [0.5, 0.6) is 5.75 Å². The summed E-state index contributed by atoms with van der Waals surface area (Å²) in [6.07, 6.45) is 2.02. The van der Waals surface area contributed by atoms with Crippen LogP contribution in [-0.4, -0.2) is 29.1 Å². The maximum absolute atomic E-state index is 12.2. The fraction of sp³-hybridized carbons (Fsp3) is 0.304. The van der Waals surface area contributed by atoms with Gasteiger partial charge in [-0.3, -0.25) is 4.79 Å². The van der Waals surface area contributed by atoms with Gasteiger partial charge < -0.3 is 14.6 Å². The highest BCUT2D eigenvalue weighted by molar-refractivity contribution is 5.78. The number of nitrogens with zero attached hydrogens (tertiary/aromatic N) is 2. The molecular formula is C23H27N3O2. The lowest BCUT2D eigenvalue weighted by atomic mass is 10.1. The molecule has 0 fully saturated rings. The second-order valence-corrected chi connectivity index (χ2v) is 7.04. The normalized spacial score (nSPS) is 10.8. The van der Waals surface area contributed by atoms with Crippen molar-refractivity contribution in [1.29, 1.82) is 0 Å². The number of aryl methyl sites for hydroxylation is 1. The molecule has 5 heteroatoms. The number of rotatable bonds is 9. The highest BCUT2D eigenvalue weighted by Crippen LogP contribution is 2.18. The fourth-order valence-electron chi connectivity index (χ4n) is 3.23. The number of aromatic nitrogens is 2. The Hall–Kier alpha value is -3.08. The second kappa shape index (κ2) is 9.22. The van der Waals surface area contributed by atoms with Crippen molar-refractivity contribution in [3.63, 3.8) is 0 Å². The zero-order valence-electron chi connectivity index (χ0n) is 16.6. The van der Waals surface area contributed by atoms with Gasteiger partial charge in [-0.25, -0.2) is 4.98 Å². The van der Waals surface area contributed by atoms with E-state index in [1.807, 2.05) is 49.4 Å². The van der Waals surface area contributed by atoms with E-state index < -0.39 is 0 Å². The van der Waals surface area contributed by atoms with Gasteiger partial charge in [-0.15, -0.1) is 0 Å². The van der Waals surface area contributed by atoms with Crippen LogP contribution in [-0.2, 0) is 24.2 Å². The van der Waals surface area contributed by atoms with Gasteiger partial charge in [-0.2, -0.15) is 0 Å². The summed E-state index contributed by atoms with van der Waals surface area (Å²) in [6.45, 7) is 7.45. The second-order valence-electron chi connectivity index (χ2n) is 7.04. The van der Waals surface area contributed by atoms with Crippen molar-refractivity contribution in [2.45, 2.75) is 32.7 Å². The standard InChI is InChI=1S/C23H27N3O2/c1-17(2)16-26-21-8-5-4-7-20(21)25-22(26)9-6-14-24-23(27)15-18-10-12-19(28-3)13-11-18/h4-5,7-8,10-13H,1,6,9,14-16H2,2-3H3,(H,24,27). The number of carbonyl (C=O) groups excluding carboxylic acids is 1. The lowest BCUT2D eigenvalue weighted by molar-refractivity contribution is -0.120. The summed E-state index contributed by atoms with van der Waals surface area (Å²) < 4.78 is 7.36. The first kappa shape index (κ1) is 19.7. The number of hydrogen-bond acceptors (Lipinski definition) is 3. The van der Waals surface area contributed by atoms with Crippen LogP contribution in [0, 0.1) is 0 Å². The van der Waals surface area contributed by atoms with Gasteiger partial charge in [-0.1, -0.05) is 36.4 Å². The zero-order valence-corrected chi connectivity index (χ0v) is 16.6. The summed E-state index contributed by atoms with van der Waals surface area (Å²) in [6, 6.07) is 15.7. The first-order valence-corrected chi connectivity index (χ1v) is 9.55. The molecule has 1 heterocycles. The smallest absolute Gasteiger partial charge is 0.224 e. The molecule has 146 valence electrons. The predicted molar refractivity (Wildman–Crippen MR) is 113 cm³/mol. The van der Waals surface area contributed by atoms with Crippen molar-refractivity contribution in [3.05, 3.63) is 72.1 Å². The summed E-state index contributed by atoms with van der Waals surface area (Å²) in [5, 5.41) is 3.00. The van der Waals surface area contributed by atoms with E-state index in [-0.39, 0.29) is 5.91 Å². The molecule has 28 heavy (non-hydrogen) atoms. The average Bonchev–Trinajstić information content (AvgIpc) is 3.03. The number of fused-ring (bicyclic) bond motifs is 1. The Kier molecular flexibility index (Phi) is 6.48. The van der Waals surface area contributed by atoms with E-state index in [0.717, 1.165) is 53.1 Å². The van der Waals surface area contributed by atoms with Gasteiger partial charge in [0.05, 0.1) is 24.6 Å². The van der Waals surface area contributed by atoms with Crippen molar-refractivity contribution in [2.75, 3.05) is 13.7 Å². The summed E-state index contributed by atoms with van der Waals surface area (Å²) in [5.41, 5.74) is 4.20. The number of benzene rings is 2. The number of nitrogens with one attached hydrogen (secondary N) is 1. The maximum atomic E-state index is 12.2. The summed E-state index contributed by atoms with van der Waals surface area (Å²) >= 11 is 0. The average molecular weight is 377 g/mol. The lowest BCUT2D eigenvalue weighted by Gasteiger charge is -2.10. The van der Waals surface area contributed by atoms with E-state index in [4.69, 9.17) is 9.72 Å². The molecule has 3 aromatic rings. The number of carbonyl (C=O) groups is 1. The Labute approximate surface area is 166 Å².